The van der Waals surface area contributed by atoms with Gasteiger partial charge < -0.3 is 4.90 Å². The Hall–Kier alpha value is -0.880. The Morgan fingerprint density at radius 1 is 1.14 bits per heavy atom. The van der Waals surface area contributed by atoms with Crippen LogP contribution in [0.2, 0.25) is 0 Å². The molecule has 0 radical (unpaired) electrons. The van der Waals surface area contributed by atoms with Crippen LogP contribution >= 0.6 is 0 Å². The van der Waals surface area contributed by atoms with Crippen molar-refractivity contribution in [2.24, 2.45) is 0 Å². The summed E-state index contributed by atoms with van der Waals surface area (Å²) in [4.78, 5) is 10.7. The van der Waals surface area contributed by atoms with Crippen molar-refractivity contribution < 1.29 is 26.7 Å². The second kappa shape index (κ2) is 3.70. The second-order valence-electron chi connectivity index (χ2n) is 3.14. The average Bonchev–Trinajstić information content (AvgIpc) is 1.99. The zero-order valence-corrected chi connectivity index (χ0v) is 7.02. The monoisotopic (exact) mass is 217 g/mol. The molecule has 0 aromatic heterocycles. The molecule has 2 nitrogen and oxygen atoms in total. The molecule has 1 aliphatic heterocycles. The number of nitrogens with zero attached hydrogens (tertiary/aromatic N) is 1. The molecule has 0 N–H and O–H groups in total. The van der Waals surface area contributed by atoms with Gasteiger partial charge in [-0.3, -0.25) is 4.79 Å². The van der Waals surface area contributed by atoms with Crippen LogP contribution in [0.1, 0.15) is 6.42 Å². The normalized spacial score (nSPS) is 29.1. The van der Waals surface area contributed by atoms with E-state index in [0.717, 1.165) is 0 Å². The summed E-state index contributed by atoms with van der Waals surface area (Å²) in [5.74, 6) is -2.18. The maximum absolute atomic E-state index is 12.6. The molecule has 1 saturated heterocycles. The Bertz CT molecular complexity index is 219. The Balaban J connectivity index is 2.64. The first-order valence-corrected chi connectivity index (χ1v) is 3.95. The molecule has 14 heavy (non-hydrogen) atoms. The van der Waals surface area contributed by atoms with Crippen molar-refractivity contribution in [1.82, 2.24) is 4.90 Å². The van der Waals surface area contributed by atoms with E-state index in [-0.39, 0.29) is 4.90 Å². The average molecular weight is 217 g/mol. The van der Waals surface area contributed by atoms with E-state index >= 15 is 0 Å². The summed E-state index contributed by atoms with van der Waals surface area (Å²) in [7, 11) is 0. The van der Waals surface area contributed by atoms with Crippen molar-refractivity contribution in [3.05, 3.63) is 0 Å². The topological polar surface area (TPSA) is 20.3 Å². The molecule has 0 aromatic carbocycles. The molecule has 1 heterocycles. The first kappa shape index (κ1) is 11.2. The highest BCUT2D eigenvalue weighted by molar-refractivity contribution is 5.82. The minimum atomic E-state index is -5.06. The molecular weight excluding hydrogens is 209 g/mol. The summed E-state index contributed by atoms with van der Waals surface area (Å²) in [5, 5.41) is 0. The lowest BCUT2D eigenvalue weighted by atomic mass is 10.1. The predicted molar refractivity (Wildman–Crippen MR) is 37.0 cm³/mol. The molecule has 0 aromatic rings. The highest BCUT2D eigenvalue weighted by Crippen LogP contribution is 2.23. The Labute approximate surface area is 76.7 Å². The lowest BCUT2D eigenvalue weighted by Crippen LogP contribution is -2.50. The first-order chi connectivity index (χ1) is 6.30. The molecule has 0 saturated carbocycles. The van der Waals surface area contributed by atoms with Gasteiger partial charge in [0.1, 0.15) is 12.3 Å². The van der Waals surface area contributed by atoms with Gasteiger partial charge in [-0.2, -0.15) is 13.2 Å². The van der Waals surface area contributed by atoms with Crippen molar-refractivity contribution in [3.8, 4) is 0 Å². The van der Waals surface area contributed by atoms with Gasteiger partial charge in [-0.1, -0.05) is 0 Å². The number of likely N-dealkylation sites (tertiary alicyclic amines) is 1. The Kier molecular flexibility index (Phi) is 2.96. The number of amides is 1. The van der Waals surface area contributed by atoms with Crippen molar-refractivity contribution in [2.75, 3.05) is 13.1 Å². The molecule has 1 amide bonds. The number of carbonyl (C=O) groups is 1. The summed E-state index contributed by atoms with van der Waals surface area (Å²) in [6.07, 6.45) is -8.94. The summed E-state index contributed by atoms with van der Waals surface area (Å²) in [5.41, 5.74) is 0. The van der Waals surface area contributed by atoms with Gasteiger partial charge in [0, 0.05) is 6.42 Å². The third kappa shape index (κ3) is 2.55. The van der Waals surface area contributed by atoms with E-state index in [1.54, 1.807) is 0 Å². The van der Waals surface area contributed by atoms with Crippen molar-refractivity contribution in [3.63, 3.8) is 0 Å². The van der Waals surface area contributed by atoms with Crippen LogP contribution in [0, 0.1) is 0 Å². The van der Waals surface area contributed by atoms with Crippen LogP contribution in [-0.2, 0) is 4.79 Å². The van der Waals surface area contributed by atoms with E-state index in [1.807, 2.05) is 0 Å². The highest BCUT2D eigenvalue weighted by atomic mass is 19.4. The second-order valence-corrected chi connectivity index (χ2v) is 3.14. The van der Waals surface area contributed by atoms with Crippen LogP contribution in [0.3, 0.4) is 0 Å². The summed E-state index contributed by atoms with van der Waals surface area (Å²) in [6.45, 7) is -1.36. The maximum Gasteiger partial charge on any atom is 0.471 e. The summed E-state index contributed by atoms with van der Waals surface area (Å²) in [6, 6.07) is 0. The fraction of sp³-hybridized carbons (Fsp3) is 0.857. The zero-order valence-electron chi connectivity index (χ0n) is 7.02. The van der Waals surface area contributed by atoms with Gasteiger partial charge in [0.25, 0.3) is 0 Å². The van der Waals surface area contributed by atoms with Crippen molar-refractivity contribution in [2.45, 2.75) is 24.9 Å². The fourth-order valence-corrected chi connectivity index (χ4v) is 1.32. The van der Waals surface area contributed by atoms with Gasteiger partial charge in [0.2, 0.25) is 0 Å². The standard InChI is InChI=1S/C7H8F5NO/c8-4-1-5(9)3-13(2-4)6(14)7(10,11)12/h4-5H,1-3H2. The Morgan fingerprint density at radius 2 is 1.57 bits per heavy atom. The molecular formula is C7H8F5NO. The third-order valence-corrected chi connectivity index (χ3v) is 1.88. The van der Waals surface area contributed by atoms with Crippen LogP contribution < -0.4 is 0 Å². The largest absolute Gasteiger partial charge is 0.471 e. The van der Waals surface area contributed by atoms with Gasteiger partial charge in [-0.15, -0.1) is 0 Å². The highest BCUT2D eigenvalue weighted by Gasteiger charge is 2.45. The maximum atomic E-state index is 12.6. The van der Waals surface area contributed by atoms with Crippen LogP contribution in [-0.4, -0.2) is 42.4 Å². The fourth-order valence-electron chi connectivity index (χ4n) is 1.32. The van der Waals surface area contributed by atoms with E-state index in [9.17, 15) is 26.7 Å². The van der Waals surface area contributed by atoms with E-state index in [2.05, 4.69) is 0 Å². The molecule has 2 atom stereocenters. The minimum Gasteiger partial charge on any atom is -0.329 e. The lowest BCUT2D eigenvalue weighted by molar-refractivity contribution is -0.188. The summed E-state index contributed by atoms with van der Waals surface area (Å²) < 4.78 is 60.8. The first-order valence-electron chi connectivity index (χ1n) is 3.95. The van der Waals surface area contributed by atoms with Crippen molar-refractivity contribution in [1.29, 1.82) is 0 Å². The van der Waals surface area contributed by atoms with E-state index < -0.39 is 43.9 Å². The summed E-state index contributed by atoms with van der Waals surface area (Å²) >= 11 is 0. The number of piperidine rings is 1. The van der Waals surface area contributed by atoms with Crippen molar-refractivity contribution >= 4 is 5.91 Å². The molecule has 2 unspecified atom stereocenters. The molecule has 82 valence electrons. The molecule has 0 aliphatic carbocycles. The van der Waals surface area contributed by atoms with E-state index in [0.29, 0.717) is 0 Å². The van der Waals surface area contributed by atoms with E-state index in [4.69, 9.17) is 0 Å². The van der Waals surface area contributed by atoms with Crippen LogP contribution in [0.4, 0.5) is 22.0 Å². The molecule has 7 heteroatoms. The lowest BCUT2D eigenvalue weighted by Gasteiger charge is -2.31. The number of halogens is 5. The van der Waals surface area contributed by atoms with Gasteiger partial charge in [-0.25, -0.2) is 8.78 Å². The molecule has 1 fully saturated rings. The number of hydrogen-bond donors (Lipinski definition) is 0. The van der Waals surface area contributed by atoms with Gasteiger partial charge in [0.05, 0.1) is 13.1 Å². The molecule has 1 aliphatic rings. The SMILES string of the molecule is O=C(N1CC(F)CC(F)C1)C(F)(F)F. The molecule has 0 bridgehead atoms. The minimum absolute atomic E-state index is 0.166. The predicted octanol–water partition coefficient (Wildman–Crippen LogP) is 1.46. The van der Waals surface area contributed by atoms with E-state index in [1.165, 1.54) is 0 Å². The van der Waals surface area contributed by atoms with Crippen LogP contribution in [0.25, 0.3) is 0 Å². The number of alkyl halides is 5. The quantitative estimate of drug-likeness (QED) is 0.562. The zero-order chi connectivity index (χ0) is 10.9. The van der Waals surface area contributed by atoms with Gasteiger partial charge in [0.15, 0.2) is 0 Å². The molecule has 1 rings (SSSR count). The smallest absolute Gasteiger partial charge is 0.329 e. The van der Waals surface area contributed by atoms with Crippen LogP contribution in [0.15, 0.2) is 0 Å². The van der Waals surface area contributed by atoms with Gasteiger partial charge >= 0.3 is 12.1 Å². The number of carbonyl (C=O) groups excluding carboxylic acids is 1. The number of hydrogen-bond acceptors (Lipinski definition) is 1. The Morgan fingerprint density at radius 3 is 1.93 bits per heavy atom. The molecule has 0 spiro atoms. The van der Waals surface area contributed by atoms with Gasteiger partial charge in [-0.05, 0) is 0 Å². The van der Waals surface area contributed by atoms with Crippen LogP contribution in [0.5, 0.6) is 0 Å². The third-order valence-electron chi connectivity index (χ3n) is 1.88. The number of rotatable bonds is 0.